The van der Waals surface area contributed by atoms with Crippen molar-refractivity contribution in [1.29, 1.82) is 0 Å². The number of hydrogen-bond donors (Lipinski definition) is 0. The van der Waals surface area contributed by atoms with E-state index in [0.29, 0.717) is 18.7 Å². The molecule has 1 heterocycles. The molecule has 0 saturated heterocycles. The van der Waals surface area contributed by atoms with Crippen LogP contribution in [0.4, 0.5) is 5.69 Å². The molecule has 8 heteroatoms. The van der Waals surface area contributed by atoms with Gasteiger partial charge in [0.2, 0.25) is 0 Å². The van der Waals surface area contributed by atoms with Crippen molar-refractivity contribution >= 4 is 33.3 Å². The molecule has 33 heavy (non-hydrogen) atoms. The molecule has 1 aromatic heterocycles. The molecule has 3 rings (SSSR count). The first-order chi connectivity index (χ1) is 15.6. The normalized spacial score (nSPS) is 11.9. The molecule has 0 bridgehead atoms. The van der Waals surface area contributed by atoms with E-state index in [4.69, 9.17) is 8.92 Å². The molecule has 6 nitrogen and oxygen atoms in total. The first-order valence-corrected chi connectivity index (χ1v) is 12.8. The summed E-state index contributed by atoms with van der Waals surface area (Å²) in [6, 6.07) is 18.7. The van der Waals surface area contributed by atoms with E-state index in [2.05, 4.69) is 0 Å². The van der Waals surface area contributed by atoms with E-state index < -0.39 is 21.8 Å². The summed E-state index contributed by atoms with van der Waals surface area (Å²) in [7, 11) is -2.84. The topological polar surface area (TPSA) is 72.9 Å². The second kappa shape index (κ2) is 10.5. The van der Waals surface area contributed by atoms with Gasteiger partial charge in [-0.25, -0.2) is 9.10 Å². The Bertz CT molecular complexity index is 1170. The number of ether oxygens (including phenoxy) is 1. The molecule has 3 aromatic rings. The van der Waals surface area contributed by atoms with E-state index in [-0.39, 0.29) is 4.88 Å². The van der Waals surface area contributed by atoms with Gasteiger partial charge in [0.15, 0.2) is 0 Å². The summed E-state index contributed by atoms with van der Waals surface area (Å²) in [5, 5.41) is 1.70. The highest BCUT2D eigenvalue weighted by Crippen LogP contribution is 2.34. The predicted octanol–water partition coefficient (Wildman–Crippen LogP) is 5.39. The third-order valence-electron chi connectivity index (χ3n) is 5.01. The van der Waals surface area contributed by atoms with Crippen molar-refractivity contribution in [2.45, 2.75) is 45.8 Å². The van der Waals surface area contributed by atoms with Crippen molar-refractivity contribution in [2.24, 2.45) is 0 Å². The molecular formula is C25H29NO5S2. The summed E-state index contributed by atoms with van der Waals surface area (Å²) in [5.74, 6) is -0.891. The molecule has 2 aromatic carbocycles. The summed E-state index contributed by atoms with van der Waals surface area (Å²) in [4.78, 5) is 12.7. The van der Waals surface area contributed by atoms with Crippen LogP contribution in [0.1, 0.15) is 47.1 Å². The van der Waals surface area contributed by atoms with Crippen LogP contribution in [-0.2, 0) is 38.7 Å². The summed E-state index contributed by atoms with van der Waals surface area (Å²) in [6.45, 7) is 5.65. The Morgan fingerprint density at radius 1 is 0.970 bits per heavy atom. The Balaban J connectivity index is 2.04. The van der Waals surface area contributed by atoms with Crippen molar-refractivity contribution in [1.82, 2.24) is 0 Å². The number of carbonyl (C=O) groups excluding carboxylic acids is 1. The average molecular weight is 488 g/mol. The zero-order valence-corrected chi connectivity index (χ0v) is 20.9. The van der Waals surface area contributed by atoms with Gasteiger partial charge >= 0.3 is 16.3 Å². The zero-order chi connectivity index (χ0) is 24.1. The highest BCUT2D eigenvalue weighted by Gasteiger charge is 2.38. The van der Waals surface area contributed by atoms with Crippen LogP contribution < -0.4 is 4.31 Å². The number of thiophene rings is 1. The fourth-order valence-electron chi connectivity index (χ4n) is 3.69. The Morgan fingerprint density at radius 2 is 1.70 bits per heavy atom. The van der Waals surface area contributed by atoms with Gasteiger partial charge in [0.25, 0.3) is 0 Å². The maximum atomic E-state index is 13.4. The maximum Gasteiger partial charge on any atom is 0.413 e. The van der Waals surface area contributed by atoms with Gasteiger partial charge in [-0.15, -0.1) is 11.3 Å². The zero-order valence-electron chi connectivity index (χ0n) is 19.3. The lowest BCUT2D eigenvalue weighted by molar-refractivity contribution is 0.0750. The van der Waals surface area contributed by atoms with Gasteiger partial charge in [0.05, 0.1) is 17.8 Å². The minimum atomic E-state index is -4.45. The Kier molecular flexibility index (Phi) is 7.94. The predicted molar refractivity (Wildman–Crippen MR) is 132 cm³/mol. The van der Waals surface area contributed by atoms with Crippen molar-refractivity contribution in [3.63, 3.8) is 0 Å². The van der Waals surface area contributed by atoms with E-state index >= 15 is 0 Å². The molecule has 0 radical (unpaired) electrons. The second-order valence-corrected chi connectivity index (χ2v) is 10.9. The molecule has 0 saturated carbocycles. The van der Waals surface area contributed by atoms with Gasteiger partial charge in [-0.3, -0.25) is 0 Å². The average Bonchev–Trinajstić information content (AvgIpc) is 3.28. The highest BCUT2D eigenvalue weighted by atomic mass is 32.2. The summed E-state index contributed by atoms with van der Waals surface area (Å²) >= 11 is 1.13. The number of benzene rings is 2. The SMILES string of the molecule is COCc1cccc(N(C(C)(C)C)S(=O)(=O)OC(=O)c2cccs2)c1CCc1ccccc1. The maximum absolute atomic E-state index is 13.4. The van der Waals surface area contributed by atoms with Crippen molar-refractivity contribution in [3.8, 4) is 0 Å². The van der Waals surface area contributed by atoms with Crippen molar-refractivity contribution < 1.29 is 22.1 Å². The first-order valence-electron chi connectivity index (χ1n) is 10.6. The number of methoxy groups -OCH3 is 1. The molecule has 0 fully saturated rings. The molecule has 0 spiro atoms. The van der Waals surface area contributed by atoms with Crippen LogP contribution in [0.5, 0.6) is 0 Å². The van der Waals surface area contributed by atoms with Crippen LogP contribution in [0.15, 0.2) is 66.0 Å². The highest BCUT2D eigenvalue weighted by molar-refractivity contribution is 7.88. The lowest BCUT2D eigenvalue weighted by Crippen LogP contribution is -2.47. The number of aryl methyl sites for hydroxylation is 1. The largest absolute Gasteiger partial charge is 0.413 e. The van der Waals surface area contributed by atoms with Crippen LogP contribution in [0.2, 0.25) is 0 Å². The summed E-state index contributed by atoms with van der Waals surface area (Å²) < 4.78 is 38.5. The third-order valence-corrected chi connectivity index (χ3v) is 7.41. The molecule has 0 amide bonds. The van der Waals surface area contributed by atoms with Crippen molar-refractivity contribution in [3.05, 3.63) is 87.6 Å². The monoisotopic (exact) mass is 487 g/mol. The van der Waals surface area contributed by atoms with Crippen LogP contribution in [0.3, 0.4) is 0 Å². The number of rotatable bonds is 9. The Labute approximate surface area is 200 Å². The fraction of sp³-hybridized carbons (Fsp3) is 0.320. The van der Waals surface area contributed by atoms with Gasteiger partial charge in [0.1, 0.15) is 4.88 Å². The molecule has 0 aliphatic heterocycles. The number of anilines is 1. The van der Waals surface area contributed by atoms with E-state index in [1.807, 2.05) is 36.4 Å². The van der Waals surface area contributed by atoms with E-state index in [1.54, 1.807) is 51.5 Å². The van der Waals surface area contributed by atoms with Crippen LogP contribution in [0, 0.1) is 0 Å². The van der Waals surface area contributed by atoms with Gasteiger partial charge < -0.3 is 8.92 Å². The lowest BCUT2D eigenvalue weighted by atomic mass is 9.96. The van der Waals surface area contributed by atoms with E-state index in [0.717, 1.165) is 34.4 Å². The molecule has 0 aliphatic carbocycles. The van der Waals surface area contributed by atoms with Gasteiger partial charge in [-0.2, -0.15) is 8.42 Å². The second-order valence-electron chi connectivity index (χ2n) is 8.57. The van der Waals surface area contributed by atoms with Crippen LogP contribution in [0.25, 0.3) is 0 Å². The minimum absolute atomic E-state index is 0.227. The quantitative estimate of drug-likeness (QED) is 0.405. The van der Waals surface area contributed by atoms with Crippen LogP contribution in [-0.4, -0.2) is 27.0 Å². The molecule has 176 valence electrons. The standard InChI is InChI=1S/C25H29NO5S2/c1-25(2,3)26(33(28,29)31-24(27)23-14-9-17-32-23)22-13-8-12-20(18-30-4)21(22)16-15-19-10-6-5-7-11-19/h5-14,17H,15-16,18H2,1-4H3. The Hall–Kier alpha value is -2.68. The van der Waals surface area contributed by atoms with E-state index in [1.165, 1.54) is 10.4 Å². The van der Waals surface area contributed by atoms with Gasteiger partial charge in [0, 0.05) is 7.11 Å². The number of nitrogens with zero attached hydrogens (tertiary/aromatic N) is 1. The number of hydrogen-bond acceptors (Lipinski definition) is 6. The number of carbonyl (C=O) groups is 1. The summed E-state index contributed by atoms with van der Waals surface area (Å²) in [5.41, 5.74) is 2.47. The van der Waals surface area contributed by atoms with Gasteiger partial charge in [-0.05, 0) is 67.8 Å². The third kappa shape index (κ3) is 6.22. The van der Waals surface area contributed by atoms with Gasteiger partial charge in [-0.1, -0.05) is 48.5 Å². The van der Waals surface area contributed by atoms with Crippen LogP contribution >= 0.6 is 11.3 Å². The summed E-state index contributed by atoms with van der Waals surface area (Å²) in [6.07, 6.45) is 1.32. The molecular weight excluding hydrogens is 458 g/mol. The first kappa shape index (κ1) is 25.0. The Morgan fingerprint density at radius 3 is 2.30 bits per heavy atom. The fourth-order valence-corrected chi connectivity index (χ4v) is 5.78. The molecule has 0 unspecified atom stereocenters. The van der Waals surface area contributed by atoms with E-state index in [9.17, 15) is 13.2 Å². The smallest absolute Gasteiger partial charge is 0.380 e. The minimum Gasteiger partial charge on any atom is -0.380 e. The molecule has 0 atom stereocenters. The van der Waals surface area contributed by atoms with Crippen molar-refractivity contribution in [2.75, 3.05) is 11.4 Å². The lowest BCUT2D eigenvalue weighted by Gasteiger charge is -2.36. The molecule has 0 aliphatic rings. The molecule has 0 N–H and O–H groups in total.